The second kappa shape index (κ2) is 10.5. The SMILES string of the molecule is CCCCCCCc1ccc2c(c1)Cc1cc(C#Cc3ccc(OC(F)F)cc3)ccc1-2. The van der Waals surface area contributed by atoms with Crippen molar-refractivity contribution in [1.29, 1.82) is 0 Å². The van der Waals surface area contributed by atoms with Gasteiger partial charge in [-0.3, -0.25) is 0 Å². The van der Waals surface area contributed by atoms with Crippen LogP contribution in [0.25, 0.3) is 11.1 Å². The number of aryl methyl sites for hydroxylation is 1. The summed E-state index contributed by atoms with van der Waals surface area (Å²) in [4.78, 5) is 0. The van der Waals surface area contributed by atoms with Gasteiger partial charge in [-0.2, -0.15) is 8.78 Å². The normalized spacial score (nSPS) is 11.6. The maximum Gasteiger partial charge on any atom is 0.387 e. The molecule has 0 N–H and O–H groups in total. The minimum Gasteiger partial charge on any atom is -0.435 e. The van der Waals surface area contributed by atoms with Gasteiger partial charge in [0.2, 0.25) is 0 Å². The first-order valence-electron chi connectivity index (χ1n) is 11.4. The van der Waals surface area contributed by atoms with Crippen molar-refractivity contribution in [2.75, 3.05) is 0 Å². The second-order valence-electron chi connectivity index (χ2n) is 8.36. The Labute approximate surface area is 189 Å². The van der Waals surface area contributed by atoms with Gasteiger partial charge in [0.05, 0.1) is 0 Å². The fraction of sp³-hybridized carbons (Fsp3) is 0.310. The van der Waals surface area contributed by atoms with E-state index in [0.29, 0.717) is 0 Å². The van der Waals surface area contributed by atoms with Crippen LogP contribution in [0, 0.1) is 11.8 Å². The molecule has 0 aromatic heterocycles. The quantitative estimate of drug-likeness (QED) is 0.205. The Morgan fingerprint density at radius 3 is 2.19 bits per heavy atom. The molecule has 3 aromatic carbocycles. The van der Waals surface area contributed by atoms with Crippen molar-refractivity contribution < 1.29 is 13.5 Å². The average Bonchev–Trinajstić information content (AvgIpc) is 3.15. The van der Waals surface area contributed by atoms with Gasteiger partial charge in [0.15, 0.2) is 0 Å². The van der Waals surface area contributed by atoms with Crippen molar-refractivity contribution in [3.8, 4) is 28.7 Å². The Bertz CT molecular complexity index is 1120. The number of fused-ring (bicyclic) bond motifs is 3. The highest BCUT2D eigenvalue weighted by molar-refractivity contribution is 5.77. The van der Waals surface area contributed by atoms with Crippen LogP contribution in [0.2, 0.25) is 0 Å². The molecule has 0 heterocycles. The van der Waals surface area contributed by atoms with Gasteiger partial charge < -0.3 is 4.74 Å². The second-order valence-corrected chi connectivity index (χ2v) is 8.36. The summed E-state index contributed by atoms with van der Waals surface area (Å²) >= 11 is 0. The molecule has 0 bridgehead atoms. The van der Waals surface area contributed by atoms with Crippen molar-refractivity contribution in [1.82, 2.24) is 0 Å². The number of ether oxygens (including phenoxy) is 1. The van der Waals surface area contributed by atoms with Crippen LogP contribution in [0.1, 0.15) is 66.8 Å². The molecule has 3 heteroatoms. The van der Waals surface area contributed by atoms with E-state index in [1.165, 1.54) is 72.1 Å². The minimum atomic E-state index is -2.82. The Morgan fingerprint density at radius 1 is 0.781 bits per heavy atom. The Kier molecular flexibility index (Phi) is 7.22. The van der Waals surface area contributed by atoms with E-state index in [2.05, 4.69) is 59.9 Å². The highest BCUT2D eigenvalue weighted by Crippen LogP contribution is 2.37. The largest absolute Gasteiger partial charge is 0.435 e. The van der Waals surface area contributed by atoms with Crippen LogP contribution in [-0.2, 0) is 12.8 Å². The van der Waals surface area contributed by atoms with Gasteiger partial charge >= 0.3 is 6.61 Å². The number of unbranched alkanes of at least 4 members (excludes halogenated alkanes) is 4. The number of rotatable bonds is 8. The van der Waals surface area contributed by atoms with Gasteiger partial charge in [0, 0.05) is 11.1 Å². The smallest absolute Gasteiger partial charge is 0.387 e. The van der Waals surface area contributed by atoms with Crippen molar-refractivity contribution in [3.05, 3.63) is 88.5 Å². The van der Waals surface area contributed by atoms with Crippen LogP contribution in [0.15, 0.2) is 60.7 Å². The van der Waals surface area contributed by atoms with E-state index in [1.54, 1.807) is 12.1 Å². The zero-order chi connectivity index (χ0) is 22.3. The fourth-order valence-corrected chi connectivity index (χ4v) is 4.29. The molecule has 3 aromatic rings. The van der Waals surface area contributed by atoms with Crippen molar-refractivity contribution >= 4 is 0 Å². The van der Waals surface area contributed by atoms with E-state index >= 15 is 0 Å². The minimum absolute atomic E-state index is 0.140. The average molecular weight is 431 g/mol. The molecule has 0 saturated heterocycles. The third kappa shape index (κ3) is 5.56. The highest BCUT2D eigenvalue weighted by Gasteiger charge is 2.18. The molecule has 0 saturated carbocycles. The van der Waals surface area contributed by atoms with Crippen LogP contribution in [0.3, 0.4) is 0 Å². The number of alkyl halides is 2. The Hall–Kier alpha value is -3.12. The Balaban J connectivity index is 1.41. The van der Waals surface area contributed by atoms with Crippen molar-refractivity contribution in [2.45, 2.75) is 58.5 Å². The van der Waals surface area contributed by atoms with E-state index < -0.39 is 6.61 Å². The maximum absolute atomic E-state index is 12.3. The molecule has 0 aliphatic heterocycles. The van der Waals surface area contributed by atoms with E-state index in [1.807, 2.05) is 0 Å². The monoisotopic (exact) mass is 430 g/mol. The van der Waals surface area contributed by atoms with Gasteiger partial charge in [0.1, 0.15) is 5.75 Å². The molecule has 0 fully saturated rings. The molecule has 164 valence electrons. The van der Waals surface area contributed by atoms with Gasteiger partial charge in [-0.25, -0.2) is 0 Å². The molecule has 1 nitrogen and oxygen atoms in total. The van der Waals surface area contributed by atoms with Crippen LogP contribution in [0.4, 0.5) is 8.78 Å². The molecule has 0 unspecified atom stereocenters. The fourth-order valence-electron chi connectivity index (χ4n) is 4.29. The number of halogens is 2. The summed E-state index contributed by atoms with van der Waals surface area (Å²) in [6, 6.07) is 19.7. The van der Waals surface area contributed by atoms with Crippen molar-refractivity contribution in [3.63, 3.8) is 0 Å². The summed E-state index contributed by atoms with van der Waals surface area (Å²) < 4.78 is 28.9. The van der Waals surface area contributed by atoms with Crippen LogP contribution < -0.4 is 4.74 Å². The molecular formula is C29H28F2O. The number of hydrogen-bond acceptors (Lipinski definition) is 1. The third-order valence-corrected chi connectivity index (χ3v) is 5.95. The predicted molar refractivity (Wildman–Crippen MR) is 126 cm³/mol. The first kappa shape index (κ1) is 22.1. The highest BCUT2D eigenvalue weighted by atomic mass is 19.3. The summed E-state index contributed by atoms with van der Waals surface area (Å²) in [5.41, 5.74) is 8.52. The lowest BCUT2D eigenvalue weighted by molar-refractivity contribution is -0.0498. The summed E-state index contributed by atoms with van der Waals surface area (Å²) in [6.07, 6.45) is 8.64. The van der Waals surface area contributed by atoms with E-state index in [4.69, 9.17) is 0 Å². The number of hydrogen-bond donors (Lipinski definition) is 0. The topological polar surface area (TPSA) is 9.23 Å². The van der Waals surface area contributed by atoms with E-state index in [-0.39, 0.29) is 5.75 Å². The van der Waals surface area contributed by atoms with Crippen LogP contribution in [-0.4, -0.2) is 6.61 Å². The van der Waals surface area contributed by atoms with Crippen LogP contribution >= 0.6 is 0 Å². The van der Waals surface area contributed by atoms with Gasteiger partial charge in [-0.05, 0) is 83.5 Å². The van der Waals surface area contributed by atoms with E-state index in [0.717, 1.165) is 24.0 Å². The summed E-state index contributed by atoms with van der Waals surface area (Å²) in [6.45, 7) is -0.565. The molecule has 0 spiro atoms. The molecule has 0 radical (unpaired) electrons. The molecule has 4 rings (SSSR count). The first-order valence-corrected chi connectivity index (χ1v) is 11.4. The summed E-state index contributed by atoms with van der Waals surface area (Å²) in [5, 5.41) is 0. The van der Waals surface area contributed by atoms with Crippen LogP contribution in [0.5, 0.6) is 5.75 Å². The molecule has 1 aliphatic rings. The van der Waals surface area contributed by atoms with Crippen molar-refractivity contribution in [2.24, 2.45) is 0 Å². The summed E-state index contributed by atoms with van der Waals surface area (Å²) in [7, 11) is 0. The lowest BCUT2D eigenvalue weighted by Gasteiger charge is -2.06. The predicted octanol–water partition coefficient (Wildman–Crippen LogP) is 7.77. The maximum atomic E-state index is 12.3. The first-order chi connectivity index (χ1) is 15.6. The molecular weight excluding hydrogens is 402 g/mol. The molecule has 1 aliphatic carbocycles. The molecule has 0 atom stereocenters. The van der Waals surface area contributed by atoms with Gasteiger partial charge in [-0.1, -0.05) is 68.7 Å². The third-order valence-electron chi connectivity index (χ3n) is 5.95. The lowest BCUT2D eigenvalue weighted by atomic mass is 9.99. The van der Waals surface area contributed by atoms with Gasteiger partial charge in [0.25, 0.3) is 0 Å². The zero-order valence-electron chi connectivity index (χ0n) is 18.5. The Morgan fingerprint density at radius 2 is 1.44 bits per heavy atom. The lowest BCUT2D eigenvalue weighted by Crippen LogP contribution is -2.01. The molecule has 0 amide bonds. The summed E-state index contributed by atoms with van der Waals surface area (Å²) in [5.74, 6) is 6.44. The zero-order valence-corrected chi connectivity index (χ0v) is 18.5. The number of benzene rings is 3. The van der Waals surface area contributed by atoms with E-state index in [9.17, 15) is 8.78 Å². The van der Waals surface area contributed by atoms with Gasteiger partial charge in [-0.15, -0.1) is 0 Å². The molecule has 32 heavy (non-hydrogen) atoms. The standard InChI is InChI=1S/C29H28F2O/c1-2-3-4-5-6-7-22-12-16-27-24(18-22)20-25-19-23(13-17-28(25)27)9-8-21-10-14-26(15-11-21)32-29(30)31/h10-19,29H,2-7,20H2,1H3.